The van der Waals surface area contributed by atoms with E-state index in [0.29, 0.717) is 12.1 Å². The second-order valence-electron chi connectivity index (χ2n) is 6.41. The summed E-state index contributed by atoms with van der Waals surface area (Å²) < 4.78 is 41.8. The van der Waals surface area contributed by atoms with Gasteiger partial charge in [-0.2, -0.15) is 22.8 Å². The molecule has 4 rings (SSSR count). The maximum atomic E-state index is 13.7. The third kappa shape index (κ3) is 3.75. The molecule has 148 valence electrons. The van der Waals surface area contributed by atoms with Crippen molar-refractivity contribution < 1.29 is 13.2 Å². The van der Waals surface area contributed by atoms with E-state index in [2.05, 4.69) is 10.1 Å². The highest BCUT2D eigenvalue weighted by atomic mass is 35.5. The summed E-state index contributed by atoms with van der Waals surface area (Å²) in [5, 5.41) is 3.84. The maximum Gasteiger partial charge on any atom is 0.435 e. The Kier molecular flexibility index (Phi) is 4.88. The van der Waals surface area contributed by atoms with Gasteiger partial charge in [0.2, 0.25) is 0 Å². The minimum Gasteiger partial charge on any atom is -0.343 e. The van der Waals surface area contributed by atoms with E-state index < -0.39 is 17.4 Å². The summed E-state index contributed by atoms with van der Waals surface area (Å²) in [5.74, 6) is 0. The molecule has 0 radical (unpaired) electrons. The van der Waals surface area contributed by atoms with Crippen LogP contribution in [0.4, 0.5) is 13.2 Å². The Hall–Kier alpha value is -2.77. The number of aromatic nitrogens is 3. The van der Waals surface area contributed by atoms with Crippen LogP contribution in [0.3, 0.4) is 0 Å². The largest absolute Gasteiger partial charge is 0.435 e. The average Bonchev–Trinajstić information content (AvgIpc) is 3.05. The SMILES string of the molecule is O=c1cc(Cc2ccccc2)[nH]c2c(-c3ccc(Cl)c(Cl)c3)c(C(F)(F)F)nn12. The van der Waals surface area contributed by atoms with E-state index in [-0.39, 0.29) is 26.8 Å². The number of hydrogen-bond donors (Lipinski definition) is 1. The lowest BCUT2D eigenvalue weighted by Gasteiger charge is -2.08. The molecule has 2 aromatic heterocycles. The predicted octanol–water partition coefficient (Wildman–Crippen LogP) is 5.61. The van der Waals surface area contributed by atoms with Crippen molar-refractivity contribution in [2.75, 3.05) is 0 Å². The number of nitrogens with one attached hydrogen (secondary N) is 1. The van der Waals surface area contributed by atoms with Crippen LogP contribution in [-0.2, 0) is 12.6 Å². The van der Waals surface area contributed by atoms with Crippen LogP contribution < -0.4 is 5.56 Å². The third-order valence-electron chi connectivity index (χ3n) is 4.39. The second-order valence-corrected chi connectivity index (χ2v) is 7.22. The van der Waals surface area contributed by atoms with Crippen LogP contribution in [-0.4, -0.2) is 14.6 Å². The molecule has 0 bridgehead atoms. The normalized spacial score (nSPS) is 11.9. The van der Waals surface area contributed by atoms with E-state index in [9.17, 15) is 18.0 Å². The molecule has 2 aromatic carbocycles. The van der Waals surface area contributed by atoms with Crippen molar-refractivity contribution in [3.63, 3.8) is 0 Å². The molecule has 0 atom stereocenters. The van der Waals surface area contributed by atoms with Crippen LogP contribution in [0.5, 0.6) is 0 Å². The molecular weight excluding hydrogens is 426 g/mol. The Morgan fingerprint density at radius 2 is 1.72 bits per heavy atom. The van der Waals surface area contributed by atoms with Crippen molar-refractivity contribution in [2.24, 2.45) is 0 Å². The minimum atomic E-state index is -4.77. The quantitative estimate of drug-likeness (QED) is 0.453. The van der Waals surface area contributed by atoms with Crippen molar-refractivity contribution in [1.29, 1.82) is 0 Å². The van der Waals surface area contributed by atoms with Gasteiger partial charge in [-0.3, -0.25) is 4.79 Å². The fourth-order valence-electron chi connectivity index (χ4n) is 3.13. The van der Waals surface area contributed by atoms with Crippen LogP contribution in [0.25, 0.3) is 16.8 Å². The third-order valence-corrected chi connectivity index (χ3v) is 5.12. The summed E-state index contributed by atoms with van der Waals surface area (Å²) in [5.41, 5.74) is -0.656. The van der Waals surface area contributed by atoms with Gasteiger partial charge in [-0.05, 0) is 23.3 Å². The minimum absolute atomic E-state index is 0.0610. The zero-order chi connectivity index (χ0) is 20.8. The molecule has 9 heteroatoms. The van der Waals surface area contributed by atoms with Crippen molar-refractivity contribution in [2.45, 2.75) is 12.6 Å². The van der Waals surface area contributed by atoms with E-state index in [0.717, 1.165) is 10.1 Å². The second kappa shape index (κ2) is 7.24. The first-order valence-electron chi connectivity index (χ1n) is 8.45. The van der Waals surface area contributed by atoms with Crippen LogP contribution in [0.15, 0.2) is 59.4 Å². The zero-order valence-electron chi connectivity index (χ0n) is 14.6. The smallest absolute Gasteiger partial charge is 0.343 e. The molecule has 2 heterocycles. The lowest BCUT2D eigenvalue weighted by molar-refractivity contribution is -0.140. The van der Waals surface area contributed by atoms with Gasteiger partial charge in [0.25, 0.3) is 5.56 Å². The number of benzene rings is 2. The van der Waals surface area contributed by atoms with Gasteiger partial charge in [-0.15, -0.1) is 0 Å². The highest BCUT2D eigenvalue weighted by molar-refractivity contribution is 6.42. The lowest BCUT2D eigenvalue weighted by atomic mass is 10.1. The van der Waals surface area contributed by atoms with Crippen LogP contribution in [0.2, 0.25) is 10.0 Å². The van der Waals surface area contributed by atoms with E-state index in [4.69, 9.17) is 23.2 Å². The predicted molar refractivity (Wildman–Crippen MR) is 106 cm³/mol. The molecule has 0 aliphatic carbocycles. The molecule has 1 N–H and O–H groups in total. The van der Waals surface area contributed by atoms with Crippen molar-refractivity contribution in [3.05, 3.63) is 91.9 Å². The Morgan fingerprint density at radius 3 is 2.38 bits per heavy atom. The van der Waals surface area contributed by atoms with Crippen LogP contribution >= 0.6 is 23.2 Å². The fraction of sp³-hybridized carbons (Fsp3) is 0.100. The average molecular weight is 438 g/mol. The molecule has 4 nitrogen and oxygen atoms in total. The van der Waals surface area contributed by atoms with Gasteiger partial charge in [0.15, 0.2) is 5.69 Å². The van der Waals surface area contributed by atoms with E-state index in [1.807, 2.05) is 30.3 Å². The van der Waals surface area contributed by atoms with Crippen molar-refractivity contribution in [3.8, 4) is 11.1 Å². The van der Waals surface area contributed by atoms with E-state index >= 15 is 0 Å². The van der Waals surface area contributed by atoms with E-state index in [1.165, 1.54) is 24.3 Å². The number of aromatic amines is 1. The molecule has 0 saturated carbocycles. The van der Waals surface area contributed by atoms with Crippen LogP contribution in [0, 0.1) is 0 Å². The molecular formula is C20H12Cl2F3N3O. The zero-order valence-corrected chi connectivity index (χ0v) is 16.1. The number of H-pyrrole nitrogens is 1. The molecule has 0 amide bonds. The van der Waals surface area contributed by atoms with Crippen LogP contribution in [0.1, 0.15) is 17.0 Å². The molecule has 0 aliphatic rings. The number of nitrogens with zero attached hydrogens (tertiary/aromatic N) is 2. The Morgan fingerprint density at radius 1 is 1.00 bits per heavy atom. The Bertz CT molecular complexity index is 1260. The summed E-state index contributed by atoms with van der Waals surface area (Å²) in [7, 11) is 0. The summed E-state index contributed by atoms with van der Waals surface area (Å²) in [6, 6.07) is 14.6. The Balaban J connectivity index is 1.98. The Labute approximate surface area is 172 Å². The van der Waals surface area contributed by atoms with Gasteiger partial charge < -0.3 is 4.98 Å². The molecule has 0 fully saturated rings. The number of halogens is 5. The van der Waals surface area contributed by atoms with Gasteiger partial charge in [0, 0.05) is 18.2 Å². The van der Waals surface area contributed by atoms with Gasteiger partial charge in [-0.25, -0.2) is 0 Å². The molecule has 0 unspecified atom stereocenters. The first-order valence-corrected chi connectivity index (χ1v) is 9.21. The fourth-order valence-corrected chi connectivity index (χ4v) is 3.42. The molecule has 0 aliphatic heterocycles. The standard InChI is InChI=1S/C20H12Cl2F3N3O/c21-14-7-6-12(9-15(14)22)17-18(20(23,24)25)27-28-16(29)10-13(26-19(17)28)8-11-4-2-1-3-5-11/h1-7,9-10,26H,8H2. The molecule has 29 heavy (non-hydrogen) atoms. The van der Waals surface area contributed by atoms with Crippen molar-refractivity contribution in [1.82, 2.24) is 14.6 Å². The van der Waals surface area contributed by atoms with Gasteiger partial charge in [-0.1, -0.05) is 59.6 Å². The maximum absolute atomic E-state index is 13.7. The highest BCUT2D eigenvalue weighted by Gasteiger charge is 2.39. The van der Waals surface area contributed by atoms with Gasteiger partial charge >= 0.3 is 6.18 Å². The number of hydrogen-bond acceptors (Lipinski definition) is 2. The van der Waals surface area contributed by atoms with Gasteiger partial charge in [0.05, 0.1) is 15.6 Å². The summed E-state index contributed by atoms with van der Waals surface area (Å²) in [6.07, 6.45) is -4.42. The first kappa shape index (κ1) is 19.5. The highest BCUT2D eigenvalue weighted by Crippen LogP contribution is 2.39. The topological polar surface area (TPSA) is 50.2 Å². The van der Waals surface area contributed by atoms with Crippen molar-refractivity contribution >= 4 is 28.8 Å². The molecule has 0 saturated heterocycles. The first-order chi connectivity index (χ1) is 13.7. The molecule has 4 aromatic rings. The lowest BCUT2D eigenvalue weighted by Crippen LogP contribution is -2.16. The number of alkyl halides is 3. The van der Waals surface area contributed by atoms with E-state index in [1.54, 1.807) is 0 Å². The number of rotatable bonds is 3. The summed E-state index contributed by atoms with van der Waals surface area (Å²) >= 11 is 11.9. The summed E-state index contributed by atoms with van der Waals surface area (Å²) in [4.78, 5) is 15.4. The molecule has 0 spiro atoms. The monoisotopic (exact) mass is 437 g/mol. The van der Waals surface area contributed by atoms with Gasteiger partial charge in [0.1, 0.15) is 5.65 Å². The summed E-state index contributed by atoms with van der Waals surface area (Å²) in [6.45, 7) is 0. The number of fused-ring (bicyclic) bond motifs is 1.